The van der Waals surface area contributed by atoms with Crippen molar-refractivity contribution in [2.75, 3.05) is 37.7 Å². The number of ether oxygens (including phenoxy) is 2. The Morgan fingerprint density at radius 3 is 3.00 bits per heavy atom. The Morgan fingerprint density at radius 2 is 2.16 bits per heavy atom. The molecule has 2 aliphatic heterocycles. The monoisotopic (exact) mass is 259 g/mol. The first-order chi connectivity index (χ1) is 9.38. The first kappa shape index (κ1) is 12.1. The van der Waals surface area contributed by atoms with Crippen molar-refractivity contribution in [1.29, 1.82) is 5.26 Å². The lowest BCUT2D eigenvalue weighted by Crippen LogP contribution is -2.51. The molecule has 19 heavy (non-hydrogen) atoms. The third-order valence-electron chi connectivity index (χ3n) is 3.53. The minimum absolute atomic E-state index is 0.223. The summed E-state index contributed by atoms with van der Waals surface area (Å²) in [6.07, 6.45) is 0.529. The van der Waals surface area contributed by atoms with Crippen LogP contribution in [-0.4, -0.2) is 38.9 Å². The fraction of sp³-hybridized carbons (Fsp3) is 0.500. The van der Waals surface area contributed by atoms with Crippen LogP contribution in [0.15, 0.2) is 18.2 Å². The maximum absolute atomic E-state index is 8.93. The Kier molecular flexibility index (Phi) is 3.43. The molecule has 100 valence electrons. The van der Waals surface area contributed by atoms with Gasteiger partial charge in [-0.1, -0.05) is 0 Å². The summed E-state index contributed by atoms with van der Waals surface area (Å²) in [6.45, 7) is 3.90. The summed E-state index contributed by atoms with van der Waals surface area (Å²) in [5.41, 5.74) is 1.10. The number of anilines is 1. The lowest BCUT2D eigenvalue weighted by Gasteiger charge is -2.37. The zero-order valence-electron chi connectivity index (χ0n) is 10.8. The molecule has 0 amide bonds. The highest BCUT2D eigenvalue weighted by Gasteiger charge is 2.23. The zero-order chi connectivity index (χ0) is 13.1. The minimum Gasteiger partial charge on any atom is -0.486 e. The van der Waals surface area contributed by atoms with Crippen molar-refractivity contribution >= 4 is 5.69 Å². The Hall–Kier alpha value is -1.93. The van der Waals surface area contributed by atoms with Crippen LogP contribution in [0.2, 0.25) is 0 Å². The van der Waals surface area contributed by atoms with Gasteiger partial charge >= 0.3 is 0 Å². The van der Waals surface area contributed by atoms with E-state index in [1.165, 1.54) is 0 Å². The molecule has 1 N–H and O–H groups in total. The number of hydrogen-bond acceptors (Lipinski definition) is 5. The van der Waals surface area contributed by atoms with E-state index in [1.807, 2.05) is 18.2 Å². The Balaban J connectivity index is 1.85. The van der Waals surface area contributed by atoms with Gasteiger partial charge in [-0.05, 0) is 12.1 Å². The van der Waals surface area contributed by atoms with Crippen LogP contribution in [0.1, 0.15) is 6.42 Å². The van der Waals surface area contributed by atoms with Crippen molar-refractivity contribution in [3.8, 4) is 17.6 Å². The maximum Gasteiger partial charge on any atom is 0.163 e. The number of nitriles is 1. The second-order valence-electron chi connectivity index (χ2n) is 4.74. The Morgan fingerprint density at radius 1 is 1.32 bits per heavy atom. The van der Waals surface area contributed by atoms with Gasteiger partial charge in [0.05, 0.1) is 18.5 Å². The zero-order valence-corrected chi connectivity index (χ0v) is 10.8. The first-order valence-corrected chi connectivity index (χ1v) is 6.62. The number of hydrogen-bond donors (Lipinski definition) is 1. The second kappa shape index (κ2) is 5.37. The number of piperazine rings is 1. The fourth-order valence-corrected chi connectivity index (χ4v) is 2.60. The van der Waals surface area contributed by atoms with Crippen LogP contribution in [0.5, 0.6) is 11.5 Å². The van der Waals surface area contributed by atoms with E-state index in [4.69, 9.17) is 14.7 Å². The topological polar surface area (TPSA) is 57.5 Å². The molecule has 1 aromatic carbocycles. The maximum atomic E-state index is 8.93. The summed E-state index contributed by atoms with van der Waals surface area (Å²) >= 11 is 0. The van der Waals surface area contributed by atoms with Crippen molar-refractivity contribution in [1.82, 2.24) is 5.32 Å². The molecule has 1 aromatic rings. The summed E-state index contributed by atoms with van der Waals surface area (Å²) in [5, 5.41) is 12.3. The van der Waals surface area contributed by atoms with E-state index in [-0.39, 0.29) is 6.04 Å². The molecule has 1 atom stereocenters. The van der Waals surface area contributed by atoms with E-state index in [1.54, 1.807) is 0 Å². The highest BCUT2D eigenvalue weighted by atomic mass is 16.6. The van der Waals surface area contributed by atoms with E-state index in [0.29, 0.717) is 19.6 Å². The third-order valence-corrected chi connectivity index (χ3v) is 3.53. The van der Waals surface area contributed by atoms with Gasteiger partial charge in [0, 0.05) is 31.4 Å². The first-order valence-electron chi connectivity index (χ1n) is 6.62. The van der Waals surface area contributed by atoms with Gasteiger partial charge in [0.25, 0.3) is 0 Å². The Bertz CT molecular complexity index is 498. The van der Waals surface area contributed by atoms with Gasteiger partial charge in [-0.3, -0.25) is 0 Å². The molecule has 0 saturated carbocycles. The van der Waals surface area contributed by atoms with Gasteiger partial charge < -0.3 is 19.7 Å². The predicted molar refractivity (Wildman–Crippen MR) is 71.7 cm³/mol. The van der Waals surface area contributed by atoms with Crippen LogP contribution in [0, 0.1) is 11.3 Å². The lowest BCUT2D eigenvalue weighted by molar-refractivity contribution is 0.171. The molecular formula is C14H17N3O2. The van der Waals surface area contributed by atoms with E-state index < -0.39 is 0 Å². The van der Waals surface area contributed by atoms with Crippen LogP contribution in [0.4, 0.5) is 5.69 Å². The van der Waals surface area contributed by atoms with Gasteiger partial charge in [0.2, 0.25) is 0 Å². The fourth-order valence-electron chi connectivity index (χ4n) is 2.60. The molecule has 0 spiro atoms. The normalized spacial score (nSPS) is 21.8. The molecule has 0 aromatic heterocycles. The number of nitrogens with one attached hydrogen (secondary N) is 1. The van der Waals surface area contributed by atoms with Crippen molar-refractivity contribution in [3.05, 3.63) is 18.2 Å². The minimum atomic E-state index is 0.223. The van der Waals surface area contributed by atoms with Crippen LogP contribution in [-0.2, 0) is 0 Å². The van der Waals surface area contributed by atoms with Crippen molar-refractivity contribution in [2.45, 2.75) is 12.5 Å². The highest BCUT2D eigenvalue weighted by Crippen LogP contribution is 2.34. The SMILES string of the molecule is N#CCC1CNCCN1c1ccc2c(c1)OCCO2. The third kappa shape index (κ3) is 2.45. The molecule has 0 bridgehead atoms. The van der Waals surface area contributed by atoms with Gasteiger partial charge in [-0.25, -0.2) is 0 Å². The summed E-state index contributed by atoms with van der Waals surface area (Å²) in [4.78, 5) is 2.28. The molecule has 5 heteroatoms. The van der Waals surface area contributed by atoms with Crippen LogP contribution in [0.25, 0.3) is 0 Å². The van der Waals surface area contributed by atoms with Gasteiger partial charge in [0.15, 0.2) is 11.5 Å². The Labute approximate surface area is 112 Å². The molecular weight excluding hydrogens is 242 g/mol. The average Bonchev–Trinajstić information content (AvgIpc) is 2.48. The lowest BCUT2D eigenvalue weighted by atomic mass is 10.1. The molecule has 1 unspecified atom stereocenters. The van der Waals surface area contributed by atoms with E-state index in [2.05, 4.69) is 16.3 Å². The summed E-state index contributed by atoms with van der Waals surface area (Å²) in [7, 11) is 0. The van der Waals surface area contributed by atoms with Crippen LogP contribution >= 0.6 is 0 Å². The number of nitrogens with zero attached hydrogens (tertiary/aromatic N) is 2. The second-order valence-corrected chi connectivity index (χ2v) is 4.74. The summed E-state index contributed by atoms with van der Waals surface area (Å²) in [6, 6.07) is 8.50. The molecule has 1 fully saturated rings. The van der Waals surface area contributed by atoms with Crippen molar-refractivity contribution < 1.29 is 9.47 Å². The average molecular weight is 259 g/mol. The highest BCUT2D eigenvalue weighted by molar-refractivity contribution is 5.57. The molecule has 0 radical (unpaired) electrons. The molecule has 1 saturated heterocycles. The van der Waals surface area contributed by atoms with Gasteiger partial charge in [0.1, 0.15) is 13.2 Å². The quantitative estimate of drug-likeness (QED) is 0.863. The molecule has 2 heterocycles. The van der Waals surface area contributed by atoms with Crippen molar-refractivity contribution in [3.63, 3.8) is 0 Å². The van der Waals surface area contributed by atoms with Crippen LogP contribution < -0.4 is 19.7 Å². The predicted octanol–water partition coefficient (Wildman–Crippen LogP) is 1.15. The largest absolute Gasteiger partial charge is 0.486 e. The van der Waals surface area contributed by atoms with E-state index in [0.717, 1.165) is 36.8 Å². The molecule has 3 rings (SSSR count). The smallest absolute Gasteiger partial charge is 0.163 e. The van der Waals surface area contributed by atoms with Gasteiger partial charge in [-0.2, -0.15) is 5.26 Å². The number of benzene rings is 1. The molecule has 5 nitrogen and oxygen atoms in total. The summed E-state index contributed by atoms with van der Waals surface area (Å²) < 4.78 is 11.1. The van der Waals surface area contributed by atoms with Gasteiger partial charge in [-0.15, -0.1) is 0 Å². The number of fused-ring (bicyclic) bond motifs is 1. The van der Waals surface area contributed by atoms with Crippen molar-refractivity contribution in [2.24, 2.45) is 0 Å². The number of rotatable bonds is 2. The standard InChI is InChI=1S/C14H17N3O2/c15-4-3-12-10-16-5-6-17(12)11-1-2-13-14(9-11)19-8-7-18-13/h1-2,9,12,16H,3,5-8,10H2. The molecule has 2 aliphatic rings. The van der Waals surface area contributed by atoms with E-state index >= 15 is 0 Å². The van der Waals surface area contributed by atoms with Crippen LogP contribution in [0.3, 0.4) is 0 Å². The van der Waals surface area contributed by atoms with E-state index in [9.17, 15) is 0 Å². The molecule has 0 aliphatic carbocycles. The summed E-state index contributed by atoms with van der Waals surface area (Å²) in [5.74, 6) is 1.61.